The SMILES string of the molecule is CCNC(COCCCC(C)C)C1CC1. The summed E-state index contributed by atoms with van der Waals surface area (Å²) < 4.78 is 5.74. The Morgan fingerprint density at radius 1 is 1.33 bits per heavy atom. The highest BCUT2D eigenvalue weighted by Crippen LogP contribution is 2.32. The predicted octanol–water partition coefficient (Wildman–Crippen LogP) is 2.83. The largest absolute Gasteiger partial charge is 0.380 e. The smallest absolute Gasteiger partial charge is 0.0622 e. The van der Waals surface area contributed by atoms with Crippen molar-refractivity contribution in [1.82, 2.24) is 5.32 Å². The molecule has 90 valence electrons. The highest BCUT2D eigenvalue weighted by molar-refractivity contribution is 4.85. The predicted molar refractivity (Wildman–Crippen MR) is 65.1 cm³/mol. The van der Waals surface area contributed by atoms with Crippen LogP contribution >= 0.6 is 0 Å². The van der Waals surface area contributed by atoms with E-state index in [1.54, 1.807) is 0 Å². The molecule has 1 rings (SSSR count). The van der Waals surface area contributed by atoms with Crippen molar-refractivity contribution in [3.63, 3.8) is 0 Å². The van der Waals surface area contributed by atoms with Gasteiger partial charge in [-0.1, -0.05) is 20.8 Å². The first-order valence-electron chi connectivity index (χ1n) is 6.55. The Morgan fingerprint density at radius 3 is 2.60 bits per heavy atom. The summed E-state index contributed by atoms with van der Waals surface area (Å²) in [5.74, 6) is 1.71. The molecule has 0 bridgehead atoms. The molecule has 1 atom stereocenters. The van der Waals surface area contributed by atoms with E-state index >= 15 is 0 Å². The molecule has 0 saturated heterocycles. The molecule has 1 fully saturated rings. The molecule has 0 radical (unpaired) electrons. The van der Waals surface area contributed by atoms with E-state index in [1.807, 2.05) is 0 Å². The Bertz CT molecular complexity index is 155. The van der Waals surface area contributed by atoms with Crippen LogP contribution in [0.25, 0.3) is 0 Å². The molecule has 2 heteroatoms. The normalized spacial score (nSPS) is 18.4. The minimum Gasteiger partial charge on any atom is -0.380 e. The quantitative estimate of drug-likeness (QED) is 0.595. The van der Waals surface area contributed by atoms with Crippen LogP contribution in [0.5, 0.6) is 0 Å². The van der Waals surface area contributed by atoms with Gasteiger partial charge in [-0.15, -0.1) is 0 Å². The van der Waals surface area contributed by atoms with Gasteiger partial charge in [0.25, 0.3) is 0 Å². The second-order valence-corrected chi connectivity index (χ2v) is 5.11. The molecular weight excluding hydrogens is 186 g/mol. The molecular formula is C13H27NO. The lowest BCUT2D eigenvalue weighted by Crippen LogP contribution is -2.35. The van der Waals surface area contributed by atoms with Gasteiger partial charge in [-0.3, -0.25) is 0 Å². The summed E-state index contributed by atoms with van der Waals surface area (Å²) in [5.41, 5.74) is 0. The molecule has 0 aromatic rings. The zero-order chi connectivity index (χ0) is 11.1. The fourth-order valence-electron chi connectivity index (χ4n) is 1.93. The van der Waals surface area contributed by atoms with Gasteiger partial charge in [0, 0.05) is 12.6 Å². The molecule has 1 unspecified atom stereocenters. The monoisotopic (exact) mass is 213 g/mol. The molecule has 15 heavy (non-hydrogen) atoms. The Balaban J connectivity index is 1.96. The zero-order valence-electron chi connectivity index (χ0n) is 10.6. The Hall–Kier alpha value is -0.0800. The van der Waals surface area contributed by atoms with E-state index < -0.39 is 0 Å². The van der Waals surface area contributed by atoms with Crippen LogP contribution < -0.4 is 5.32 Å². The van der Waals surface area contributed by atoms with Gasteiger partial charge in [-0.25, -0.2) is 0 Å². The van der Waals surface area contributed by atoms with Crippen LogP contribution in [0.1, 0.15) is 46.5 Å². The van der Waals surface area contributed by atoms with Crippen LogP contribution in [-0.2, 0) is 4.74 Å². The summed E-state index contributed by atoms with van der Waals surface area (Å²) >= 11 is 0. The van der Waals surface area contributed by atoms with Crippen molar-refractivity contribution in [2.24, 2.45) is 11.8 Å². The van der Waals surface area contributed by atoms with Crippen LogP contribution in [0, 0.1) is 11.8 Å². The molecule has 1 saturated carbocycles. The van der Waals surface area contributed by atoms with E-state index in [9.17, 15) is 0 Å². The highest BCUT2D eigenvalue weighted by atomic mass is 16.5. The first-order valence-corrected chi connectivity index (χ1v) is 6.55. The number of hydrogen-bond donors (Lipinski definition) is 1. The number of rotatable bonds is 9. The Labute approximate surface area is 94.8 Å². The summed E-state index contributed by atoms with van der Waals surface area (Å²) in [5, 5.41) is 3.52. The summed E-state index contributed by atoms with van der Waals surface area (Å²) in [7, 11) is 0. The van der Waals surface area contributed by atoms with E-state index in [2.05, 4.69) is 26.1 Å². The van der Waals surface area contributed by atoms with E-state index in [4.69, 9.17) is 4.74 Å². The van der Waals surface area contributed by atoms with Crippen molar-refractivity contribution in [1.29, 1.82) is 0 Å². The maximum Gasteiger partial charge on any atom is 0.0622 e. The third kappa shape index (κ3) is 6.16. The van der Waals surface area contributed by atoms with Crippen molar-refractivity contribution in [3.05, 3.63) is 0 Å². The summed E-state index contributed by atoms with van der Waals surface area (Å²) in [4.78, 5) is 0. The number of likely N-dealkylation sites (N-methyl/N-ethyl adjacent to an activating group) is 1. The van der Waals surface area contributed by atoms with Gasteiger partial charge in [0.05, 0.1) is 6.61 Å². The molecule has 1 aliphatic rings. The second kappa shape index (κ2) is 7.24. The molecule has 2 nitrogen and oxygen atoms in total. The van der Waals surface area contributed by atoms with Gasteiger partial charge in [0.15, 0.2) is 0 Å². The Kier molecular flexibility index (Phi) is 6.26. The maximum atomic E-state index is 5.74. The lowest BCUT2D eigenvalue weighted by molar-refractivity contribution is 0.101. The fraction of sp³-hybridized carbons (Fsp3) is 1.00. The van der Waals surface area contributed by atoms with Gasteiger partial charge in [0.1, 0.15) is 0 Å². The van der Waals surface area contributed by atoms with Crippen molar-refractivity contribution >= 4 is 0 Å². The summed E-state index contributed by atoms with van der Waals surface area (Å²) in [6, 6.07) is 0.619. The molecule has 0 aromatic carbocycles. The number of nitrogens with one attached hydrogen (secondary N) is 1. The van der Waals surface area contributed by atoms with Crippen molar-refractivity contribution in [3.8, 4) is 0 Å². The zero-order valence-corrected chi connectivity index (χ0v) is 10.6. The average molecular weight is 213 g/mol. The summed E-state index contributed by atoms with van der Waals surface area (Å²) in [6.45, 7) is 9.63. The second-order valence-electron chi connectivity index (χ2n) is 5.11. The minimum absolute atomic E-state index is 0.619. The van der Waals surface area contributed by atoms with E-state index in [0.717, 1.165) is 31.6 Å². The van der Waals surface area contributed by atoms with E-state index in [0.29, 0.717) is 6.04 Å². The first kappa shape index (κ1) is 13.0. The molecule has 0 amide bonds. The third-order valence-corrected chi connectivity index (χ3v) is 3.02. The topological polar surface area (TPSA) is 21.3 Å². The van der Waals surface area contributed by atoms with Crippen LogP contribution in [-0.4, -0.2) is 25.8 Å². The lowest BCUT2D eigenvalue weighted by atomic mass is 10.1. The van der Waals surface area contributed by atoms with Crippen molar-refractivity contribution in [2.45, 2.75) is 52.5 Å². The molecule has 0 aliphatic heterocycles. The standard InChI is InChI=1S/C13H27NO/c1-4-14-13(12-7-8-12)10-15-9-5-6-11(2)3/h11-14H,4-10H2,1-3H3. The molecule has 1 aliphatic carbocycles. The van der Waals surface area contributed by atoms with E-state index in [-0.39, 0.29) is 0 Å². The number of ether oxygens (including phenoxy) is 1. The molecule has 0 aromatic heterocycles. The van der Waals surface area contributed by atoms with Gasteiger partial charge in [0.2, 0.25) is 0 Å². The summed E-state index contributed by atoms with van der Waals surface area (Å²) in [6.07, 6.45) is 5.29. The lowest BCUT2D eigenvalue weighted by Gasteiger charge is -2.17. The minimum atomic E-state index is 0.619. The van der Waals surface area contributed by atoms with Gasteiger partial charge in [-0.05, 0) is 44.1 Å². The average Bonchev–Trinajstić information content (AvgIpc) is 2.98. The molecule has 0 spiro atoms. The molecule has 1 N–H and O–H groups in total. The maximum absolute atomic E-state index is 5.74. The molecule has 0 heterocycles. The van der Waals surface area contributed by atoms with Gasteiger partial charge >= 0.3 is 0 Å². The third-order valence-electron chi connectivity index (χ3n) is 3.02. The van der Waals surface area contributed by atoms with Crippen LogP contribution in [0.15, 0.2) is 0 Å². The Morgan fingerprint density at radius 2 is 2.07 bits per heavy atom. The van der Waals surface area contributed by atoms with Gasteiger partial charge < -0.3 is 10.1 Å². The first-order chi connectivity index (χ1) is 7.24. The van der Waals surface area contributed by atoms with Gasteiger partial charge in [-0.2, -0.15) is 0 Å². The van der Waals surface area contributed by atoms with E-state index in [1.165, 1.54) is 25.7 Å². The fourth-order valence-corrected chi connectivity index (χ4v) is 1.93. The van der Waals surface area contributed by atoms with Crippen LogP contribution in [0.2, 0.25) is 0 Å². The van der Waals surface area contributed by atoms with Crippen LogP contribution in [0.3, 0.4) is 0 Å². The van der Waals surface area contributed by atoms with Crippen molar-refractivity contribution in [2.75, 3.05) is 19.8 Å². The highest BCUT2D eigenvalue weighted by Gasteiger charge is 2.30. The number of hydrogen-bond acceptors (Lipinski definition) is 2. The van der Waals surface area contributed by atoms with Crippen LogP contribution in [0.4, 0.5) is 0 Å². The van der Waals surface area contributed by atoms with Crippen molar-refractivity contribution < 1.29 is 4.74 Å².